The number of hydrogen-bond acceptors (Lipinski definition) is 4. The van der Waals surface area contributed by atoms with Gasteiger partial charge in [-0.05, 0) is 41.6 Å². The molecule has 0 spiro atoms. The molecule has 1 aromatic rings. The zero-order valence-electron chi connectivity index (χ0n) is 7.43. The van der Waals surface area contributed by atoms with Crippen molar-refractivity contribution in [2.45, 2.75) is 18.8 Å². The second kappa shape index (κ2) is 3.21. The summed E-state index contributed by atoms with van der Waals surface area (Å²) in [6.45, 7) is 0. The quantitative estimate of drug-likeness (QED) is 0.589. The van der Waals surface area contributed by atoms with Crippen molar-refractivity contribution < 1.29 is 9.90 Å². The molecule has 1 aliphatic carbocycles. The smallest absolute Gasteiger partial charge is 0.155 e. The molecule has 4 nitrogen and oxygen atoms in total. The molecule has 0 heterocycles. The molecule has 1 aromatic carbocycles. The lowest BCUT2D eigenvalue weighted by atomic mass is 10.1. The molecule has 1 saturated carbocycles. The number of hydrogen-bond donors (Lipinski definition) is 1. The first-order valence-corrected chi connectivity index (χ1v) is 4.41. The standard InChI is InChI=1S/C10H9NO3/c12-5-8-3-7(6-1-2-6)4-9(11-14)10(8)13/h3-6,13H,1-2H2. The van der Waals surface area contributed by atoms with Crippen LogP contribution in [0.1, 0.15) is 34.7 Å². The van der Waals surface area contributed by atoms with Crippen molar-refractivity contribution in [2.24, 2.45) is 5.18 Å². The van der Waals surface area contributed by atoms with Crippen molar-refractivity contribution in [3.63, 3.8) is 0 Å². The van der Waals surface area contributed by atoms with Crippen LogP contribution in [0.5, 0.6) is 5.75 Å². The van der Waals surface area contributed by atoms with Gasteiger partial charge in [0.25, 0.3) is 0 Å². The number of phenolic OH excluding ortho intramolecular Hbond substituents is 1. The van der Waals surface area contributed by atoms with Gasteiger partial charge in [-0.3, -0.25) is 4.79 Å². The zero-order chi connectivity index (χ0) is 10.1. The minimum Gasteiger partial charge on any atom is -0.505 e. The minimum atomic E-state index is -0.320. The molecule has 72 valence electrons. The van der Waals surface area contributed by atoms with Crippen molar-refractivity contribution in [3.05, 3.63) is 28.2 Å². The molecule has 4 heteroatoms. The monoisotopic (exact) mass is 191 g/mol. The van der Waals surface area contributed by atoms with Gasteiger partial charge in [0.05, 0.1) is 5.56 Å². The maximum Gasteiger partial charge on any atom is 0.155 e. The van der Waals surface area contributed by atoms with E-state index in [1.807, 2.05) is 0 Å². The van der Waals surface area contributed by atoms with Crippen LogP contribution >= 0.6 is 0 Å². The highest BCUT2D eigenvalue weighted by atomic mass is 16.3. The Morgan fingerprint density at radius 1 is 1.43 bits per heavy atom. The van der Waals surface area contributed by atoms with E-state index in [4.69, 9.17) is 0 Å². The van der Waals surface area contributed by atoms with Crippen LogP contribution in [0.15, 0.2) is 17.3 Å². The van der Waals surface area contributed by atoms with Crippen molar-refractivity contribution >= 4 is 12.0 Å². The molecule has 0 atom stereocenters. The van der Waals surface area contributed by atoms with Gasteiger partial charge < -0.3 is 5.11 Å². The van der Waals surface area contributed by atoms with Crippen LogP contribution in [0, 0.1) is 4.91 Å². The Hall–Kier alpha value is -1.71. The van der Waals surface area contributed by atoms with E-state index in [1.54, 1.807) is 12.1 Å². The number of benzene rings is 1. The Bertz CT molecular complexity index is 367. The van der Waals surface area contributed by atoms with Crippen LogP contribution in [0.3, 0.4) is 0 Å². The van der Waals surface area contributed by atoms with Crippen LogP contribution < -0.4 is 0 Å². The Morgan fingerprint density at radius 2 is 2.14 bits per heavy atom. The van der Waals surface area contributed by atoms with Gasteiger partial charge in [0, 0.05) is 0 Å². The van der Waals surface area contributed by atoms with Crippen LogP contribution in [-0.4, -0.2) is 11.4 Å². The van der Waals surface area contributed by atoms with E-state index in [0.29, 0.717) is 12.2 Å². The molecule has 0 saturated heterocycles. The number of phenols is 1. The van der Waals surface area contributed by atoms with E-state index < -0.39 is 0 Å². The van der Waals surface area contributed by atoms with Gasteiger partial charge in [0.15, 0.2) is 17.7 Å². The van der Waals surface area contributed by atoms with E-state index in [2.05, 4.69) is 5.18 Å². The lowest BCUT2D eigenvalue weighted by Crippen LogP contribution is -1.86. The van der Waals surface area contributed by atoms with Crippen molar-refractivity contribution in [1.29, 1.82) is 0 Å². The highest BCUT2D eigenvalue weighted by Gasteiger charge is 2.25. The summed E-state index contributed by atoms with van der Waals surface area (Å²) >= 11 is 0. The zero-order valence-corrected chi connectivity index (χ0v) is 7.43. The van der Waals surface area contributed by atoms with Crippen molar-refractivity contribution in [1.82, 2.24) is 0 Å². The first-order chi connectivity index (χ1) is 6.76. The van der Waals surface area contributed by atoms with Gasteiger partial charge in [-0.2, -0.15) is 0 Å². The molecule has 0 aromatic heterocycles. The van der Waals surface area contributed by atoms with Crippen molar-refractivity contribution in [2.75, 3.05) is 0 Å². The minimum absolute atomic E-state index is 0.0449. The van der Waals surface area contributed by atoms with Gasteiger partial charge in [-0.15, -0.1) is 4.91 Å². The maximum absolute atomic E-state index is 10.6. The summed E-state index contributed by atoms with van der Waals surface area (Å²) in [5, 5.41) is 12.1. The predicted octanol–water partition coefficient (Wildman–Crippen LogP) is 2.48. The number of carbonyl (C=O) groups excluding carboxylic acids is 1. The second-order valence-electron chi connectivity index (χ2n) is 3.46. The SMILES string of the molecule is O=Cc1cc(C2CC2)cc(N=O)c1O. The molecule has 1 aliphatic rings. The van der Waals surface area contributed by atoms with Crippen LogP contribution in [0.25, 0.3) is 0 Å². The molecular weight excluding hydrogens is 182 g/mol. The van der Waals surface area contributed by atoms with E-state index in [-0.39, 0.29) is 17.0 Å². The molecule has 14 heavy (non-hydrogen) atoms. The molecule has 0 bridgehead atoms. The molecule has 2 rings (SSSR count). The predicted molar refractivity (Wildman–Crippen MR) is 50.9 cm³/mol. The summed E-state index contributed by atoms with van der Waals surface area (Å²) < 4.78 is 0. The summed E-state index contributed by atoms with van der Waals surface area (Å²) in [6, 6.07) is 3.17. The first-order valence-electron chi connectivity index (χ1n) is 4.41. The number of nitroso groups, excluding NO2 is 1. The maximum atomic E-state index is 10.6. The number of carbonyl (C=O) groups is 1. The molecule has 1 N–H and O–H groups in total. The Labute approximate surface area is 80.5 Å². The fraction of sp³-hybridized carbons (Fsp3) is 0.300. The summed E-state index contributed by atoms with van der Waals surface area (Å²) in [5.41, 5.74) is 1.01. The topological polar surface area (TPSA) is 66.7 Å². The summed E-state index contributed by atoms with van der Waals surface area (Å²) in [5.74, 6) is 0.106. The fourth-order valence-corrected chi connectivity index (χ4v) is 1.48. The summed E-state index contributed by atoms with van der Waals surface area (Å²) in [7, 11) is 0. The third kappa shape index (κ3) is 1.39. The van der Waals surface area contributed by atoms with Gasteiger partial charge in [0.1, 0.15) is 0 Å². The molecule has 0 unspecified atom stereocenters. The Kier molecular flexibility index (Phi) is 2.04. The highest BCUT2D eigenvalue weighted by molar-refractivity contribution is 5.83. The number of aromatic hydroxyl groups is 1. The molecule has 1 fully saturated rings. The summed E-state index contributed by atoms with van der Waals surface area (Å²) in [4.78, 5) is 21.0. The number of aldehydes is 1. The first kappa shape index (κ1) is 8.87. The lowest BCUT2D eigenvalue weighted by Gasteiger charge is -2.03. The molecule has 0 radical (unpaired) electrons. The molecular formula is C10H9NO3. The van der Waals surface area contributed by atoms with Crippen LogP contribution in [-0.2, 0) is 0 Å². The van der Waals surface area contributed by atoms with Gasteiger partial charge in [-0.1, -0.05) is 0 Å². The Morgan fingerprint density at radius 3 is 2.64 bits per heavy atom. The number of nitrogens with zero attached hydrogens (tertiary/aromatic N) is 1. The summed E-state index contributed by atoms with van der Waals surface area (Å²) in [6.07, 6.45) is 2.68. The van der Waals surface area contributed by atoms with E-state index in [0.717, 1.165) is 18.4 Å². The molecule has 0 amide bonds. The Balaban J connectivity index is 2.54. The second-order valence-corrected chi connectivity index (χ2v) is 3.46. The van der Waals surface area contributed by atoms with E-state index in [1.165, 1.54) is 0 Å². The normalized spacial score (nSPS) is 15.1. The van der Waals surface area contributed by atoms with Gasteiger partial charge in [-0.25, -0.2) is 0 Å². The van der Waals surface area contributed by atoms with E-state index in [9.17, 15) is 14.8 Å². The average molecular weight is 191 g/mol. The highest BCUT2D eigenvalue weighted by Crippen LogP contribution is 2.43. The number of rotatable bonds is 3. The fourth-order valence-electron chi connectivity index (χ4n) is 1.48. The third-order valence-corrected chi connectivity index (χ3v) is 2.42. The van der Waals surface area contributed by atoms with Crippen molar-refractivity contribution in [3.8, 4) is 5.75 Å². The van der Waals surface area contributed by atoms with Gasteiger partial charge in [0.2, 0.25) is 0 Å². The molecule has 0 aliphatic heterocycles. The van der Waals surface area contributed by atoms with Crippen LogP contribution in [0.2, 0.25) is 0 Å². The third-order valence-electron chi connectivity index (χ3n) is 2.42. The lowest BCUT2D eigenvalue weighted by molar-refractivity contribution is 0.112. The average Bonchev–Trinajstić information content (AvgIpc) is 3.02. The van der Waals surface area contributed by atoms with E-state index >= 15 is 0 Å². The largest absolute Gasteiger partial charge is 0.505 e. The van der Waals surface area contributed by atoms with Gasteiger partial charge >= 0.3 is 0 Å². The van der Waals surface area contributed by atoms with Crippen LogP contribution in [0.4, 0.5) is 5.69 Å².